The van der Waals surface area contributed by atoms with E-state index < -0.39 is 0 Å². The summed E-state index contributed by atoms with van der Waals surface area (Å²) in [6.07, 6.45) is 0.471. The Morgan fingerprint density at radius 3 is 2.55 bits per heavy atom. The van der Waals surface area contributed by atoms with Gasteiger partial charge in [-0.1, -0.05) is 0 Å². The van der Waals surface area contributed by atoms with Crippen LogP contribution in [-0.4, -0.2) is 19.2 Å². The molecule has 0 unspecified atom stereocenters. The van der Waals surface area contributed by atoms with Crippen LogP contribution in [0.1, 0.15) is 16.7 Å². The molecule has 2 aromatic rings. The highest BCUT2D eigenvalue weighted by molar-refractivity contribution is 5.72. The van der Waals surface area contributed by atoms with Crippen LogP contribution in [0.5, 0.6) is 23.1 Å². The average Bonchev–Trinajstić information content (AvgIpc) is 2.52. The molecule has 0 bridgehead atoms. The lowest BCUT2D eigenvalue weighted by Crippen LogP contribution is -2.12. The van der Waals surface area contributed by atoms with E-state index in [1.807, 2.05) is 12.1 Å². The summed E-state index contributed by atoms with van der Waals surface area (Å²) < 4.78 is 16.3. The number of anilines is 2. The van der Waals surface area contributed by atoms with Gasteiger partial charge in [0.15, 0.2) is 11.5 Å². The molecule has 0 atom stereocenters. The first-order chi connectivity index (χ1) is 10.6. The fourth-order valence-corrected chi connectivity index (χ4v) is 2.44. The van der Waals surface area contributed by atoms with Crippen molar-refractivity contribution in [2.24, 2.45) is 0 Å². The summed E-state index contributed by atoms with van der Waals surface area (Å²) in [5.74, 6) is 2.12. The standard InChI is InChI=1S/C15H14N4O3/c1-20-11-4-7-3-8-13(17)9(6-16)14(18)19-15(8)22-10(7)5-12(11)21-2/h4-5H,3H2,1-2H3,(H4,17,18,19). The molecule has 112 valence electrons. The van der Waals surface area contributed by atoms with Gasteiger partial charge in [0.05, 0.1) is 19.9 Å². The molecule has 0 radical (unpaired) electrons. The van der Waals surface area contributed by atoms with Gasteiger partial charge in [-0.3, -0.25) is 0 Å². The van der Waals surface area contributed by atoms with E-state index in [0.717, 1.165) is 5.56 Å². The van der Waals surface area contributed by atoms with Crippen molar-refractivity contribution < 1.29 is 14.2 Å². The maximum atomic E-state index is 9.12. The van der Waals surface area contributed by atoms with Crippen LogP contribution in [0.25, 0.3) is 0 Å². The molecule has 1 aromatic heterocycles. The maximum Gasteiger partial charge on any atom is 0.226 e. The second-order valence-electron chi connectivity index (χ2n) is 4.77. The molecular weight excluding hydrogens is 284 g/mol. The highest BCUT2D eigenvalue weighted by Gasteiger charge is 2.25. The highest BCUT2D eigenvalue weighted by Crippen LogP contribution is 2.44. The summed E-state index contributed by atoms with van der Waals surface area (Å²) >= 11 is 0. The van der Waals surface area contributed by atoms with E-state index in [-0.39, 0.29) is 11.4 Å². The third-order valence-corrected chi connectivity index (χ3v) is 3.58. The molecule has 3 rings (SSSR count). The predicted octanol–water partition coefficient (Wildman–Crippen LogP) is 1.83. The second kappa shape index (κ2) is 5.00. The second-order valence-corrected chi connectivity index (χ2v) is 4.77. The van der Waals surface area contributed by atoms with Crippen LogP contribution in [0.4, 0.5) is 11.5 Å². The fourth-order valence-electron chi connectivity index (χ4n) is 2.44. The first kappa shape index (κ1) is 13.8. The lowest BCUT2D eigenvalue weighted by atomic mass is 9.98. The normalized spacial score (nSPS) is 11.7. The van der Waals surface area contributed by atoms with E-state index in [9.17, 15) is 0 Å². The lowest BCUT2D eigenvalue weighted by molar-refractivity contribution is 0.349. The molecule has 7 nitrogen and oxygen atoms in total. The largest absolute Gasteiger partial charge is 0.493 e. The molecule has 4 N–H and O–H groups in total. The van der Waals surface area contributed by atoms with Crippen LogP contribution >= 0.6 is 0 Å². The van der Waals surface area contributed by atoms with Gasteiger partial charge in [-0.2, -0.15) is 10.2 Å². The number of hydrogen-bond acceptors (Lipinski definition) is 7. The number of fused-ring (bicyclic) bond motifs is 2. The van der Waals surface area contributed by atoms with E-state index in [4.69, 9.17) is 30.9 Å². The van der Waals surface area contributed by atoms with Crippen LogP contribution in [0, 0.1) is 11.3 Å². The summed E-state index contributed by atoms with van der Waals surface area (Å²) in [6, 6.07) is 5.51. The molecule has 1 aromatic carbocycles. The molecule has 1 aliphatic rings. The van der Waals surface area contributed by atoms with E-state index in [1.54, 1.807) is 20.3 Å². The number of nitriles is 1. The van der Waals surface area contributed by atoms with Crippen LogP contribution in [0.3, 0.4) is 0 Å². The van der Waals surface area contributed by atoms with Crippen molar-refractivity contribution >= 4 is 11.5 Å². The lowest BCUT2D eigenvalue weighted by Gasteiger charge is -2.23. The predicted molar refractivity (Wildman–Crippen MR) is 80.2 cm³/mol. The summed E-state index contributed by atoms with van der Waals surface area (Å²) in [5.41, 5.74) is 13.7. The molecule has 22 heavy (non-hydrogen) atoms. The molecule has 0 saturated carbocycles. The molecule has 0 fully saturated rings. The zero-order chi connectivity index (χ0) is 15.9. The molecule has 0 amide bonds. The van der Waals surface area contributed by atoms with Gasteiger partial charge in [-0.25, -0.2) is 0 Å². The molecule has 7 heteroatoms. The topological polar surface area (TPSA) is 116 Å². The average molecular weight is 298 g/mol. The van der Waals surface area contributed by atoms with Gasteiger partial charge < -0.3 is 25.7 Å². The van der Waals surface area contributed by atoms with Gasteiger partial charge in [0.2, 0.25) is 5.88 Å². The van der Waals surface area contributed by atoms with Crippen molar-refractivity contribution in [3.8, 4) is 29.2 Å². The van der Waals surface area contributed by atoms with Crippen molar-refractivity contribution in [3.05, 3.63) is 28.8 Å². The first-order valence-corrected chi connectivity index (χ1v) is 6.49. The quantitative estimate of drug-likeness (QED) is 0.741. The molecule has 2 heterocycles. The maximum absolute atomic E-state index is 9.12. The number of nitrogens with two attached hydrogens (primary N) is 2. The summed E-state index contributed by atoms with van der Waals surface area (Å²) in [4.78, 5) is 4.12. The molecular formula is C15H14N4O3. The Morgan fingerprint density at radius 1 is 1.23 bits per heavy atom. The van der Waals surface area contributed by atoms with Crippen molar-refractivity contribution in [1.29, 1.82) is 5.26 Å². The number of aromatic nitrogens is 1. The minimum atomic E-state index is 0.0580. The summed E-state index contributed by atoms with van der Waals surface area (Å²) in [5, 5.41) is 9.12. The third-order valence-electron chi connectivity index (χ3n) is 3.58. The Morgan fingerprint density at radius 2 is 1.91 bits per heavy atom. The van der Waals surface area contributed by atoms with Gasteiger partial charge in [0.25, 0.3) is 0 Å². The van der Waals surface area contributed by atoms with E-state index in [0.29, 0.717) is 40.8 Å². The molecule has 0 spiro atoms. The Kier molecular flexibility index (Phi) is 3.14. The smallest absolute Gasteiger partial charge is 0.226 e. The summed E-state index contributed by atoms with van der Waals surface area (Å²) in [7, 11) is 3.11. The van der Waals surface area contributed by atoms with Crippen molar-refractivity contribution in [1.82, 2.24) is 4.98 Å². The minimum absolute atomic E-state index is 0.0580. The SMILES string of the molecule is COc1cc2c(cc1OC)Oc1nc(N)c(C#N)c(N)c1C2. The van der Waals surface area contributed by atoms with Gasteiger partial charge in [-0.15, -0.1) is 0 Å². The van der Waals surface area contributed by atoms with E-state index in [2.05, 4.69) is 4.98 Å². The Bertz CT molecular complexity index is 812. The Labute approximate surface area is 127 Å². The number of ether oxygens (including phenoxy) is 3. The fraction of sp³-hybridized carbons (Fsp3) is 0.200. The summed E-state index contributed by atoms with van der Waals surface area (Å²) in [6.45, 7) is 0. The van der Waals surface area contributed by atoms with Crippen molar-refractivity contribution in [3.63, 3.8) is 0 Å². The zero-order valence-electron chi connectivity index (χ0n) is 12.1. The van der Waals surface area contributed by atoms with Crippen molar-refractivity contribution in [2.45, 2.75) is 6.42 Å². The minimum Gasteiger partial charge on any atom is -0.493 e. The Hall–Kier alpha value is -3.14. The number of methoxy groups -OCH3 is 2. The van der Waals surface area contributed by atoms with Gasteiger partial charge in [-0.05, 0) is 6.07 Å². The van der Waals surface area contributed by atoms with Crippen LogP contribution in [0.2, 0.25) is 0 Å². The number of nitrogens with zero attached hydrogens (tertiary/aromatic N) is 2. The highest BCUT2D eigenvalue weighted by atomic mass is 16.5. The zero-order valence-corrected chi connectivity index (χ0v) is 12.1. The molecule has 1 aliphatic heterocycles. The number of hydrogen-bond donors (Lipinski definition) is 2. The van der Waals surface area contributed by atoms with Crippen molar-refractivity contribution in [2.75, 3.05) is 25.7 Å². The Balaban J connectivity index is 2.14. The van der Waals surface area contributed by atoms with E-state index >= 15 is 0 Å². The number of rotatable bonds is 2. The number of pyridine rings is 1. The van der Waals surface area contributed by atoms with Gasteiger partial charge in [0, 0.05) is 23.6 Å². The number of benzene rings is 1. The molecule has 0 saturated heterocycles. The monoisotopic (exact) mass is 298 g/mol. The third kappa shape index (κ3) is 1.93. The van der Waals surface area contributed by atoms with Crippen LogP contribution < -0.4 is 25.7 Å². The number of nitrogen functional groups attached to an aromatic ring is 2. The molecule has 0 aliphatic carbocycles. The van der Waals surface area contributed by atoms with Crippen LogP contribution in [0.15, 0.2) is 12.1 Å². The first-order valence-electron chi connectivity index (χ1n) is 6.49. The van der Waals surface area contributed by atoms with Gasteiger partial charge >= 0.3 is 0 Å². The van der Waals surface area contributed by atoms with Crippen LogP contribution in [-0.2, 0) is 6.42 Å². The van der Waals surface area contributed by atoms with Gasteiger partial charge in [0.1, 0.15) is 23.2 Å². The van der Waals surface area contributed by atoms with E-state index in [1.165, 1.54) is 0 Å².